The number of benzene rings is 1. The van der Waals surface area contributed by atoms with Gasteiger partial charge in [0.1, 0.15) is 0 Å². The van der Waals surface area contributed by atoms with Gasteiger partial charge in [0.2, 0.25) is 5.91 Å². The Morgan fingerprint density at radius 3 is 2.81 bits per heavy atom. The third kappa shape index (κ3) is 2.53. The monoisotopic (exact) mass is 284 g/mol. The molecule has 2 unspecified atom stereocenters. The Morgan fingerprint density at radius 1 is 1.24 bits per heavy atom. The predicted molar refractivity (Wildman–Crippen MR) is 80.9 cm³/mol. The molecule has 2 saturated heterocycles. The Kier molecular flexibility index (Phi) is 3.15. The molecule has 2 aromatic rings. The van der Waals surface area contributed by atoms with E-state index < -0.39 is 0 Å². The minimum atomic E-state index is 0.0932. The van der Waals surface area contributed by atoms with Crippen molar-refractivity contribution in [3.05, 3.63) is 30.0 Å². The van der Waals surface area contributed by atoms with Crippen LogP contribution in [0.4, 0.5) is 0 Å². The van der Waals surface area contributed by atoms with E-state index in [-0.39, 0.29) is 5.91 Å². The fourth-order valence-corrected chi connectivity index (χ4v) is 3.76. The van der Waals surface area contributed by atoms with Gasteiger partial charge in [-0.3, -0.25) is 9.89 Å². The zero-order valence-electron chi connectivity index (χ0n) is 11.9. The number of hydrogen-bond acceptors (Lipinski definition) is 3. The average molecular weight is 284 g/mol. The van der Waals surface area contributed by atoms with E-state index in [2.05, 4.69) is 20.8 Å². The van der Waals surface area contributed by atoms with Crippen LogP contribution < -0.4 is 10.6 Å². The molecule has 21 heavy (non-hydrogen) atoms. The fraction of sp³-hybridized carbons (Fsp3) is 0.500. The number of aromatic amines is 1. The molecule has 0 aliphatic carbocycles. The third-order valence-corrected chi connectivity index (χ3v) is 4.72. The smallest absolute Gasteiger partial charge is 0.226 e. The number of amides is 1. The van der Waals surface area contributed by atoms with Crippen LogP contribution in [-0.2, 0) is 11.2 Å². The average Bonchev–Trinajstić information content (AvgIpc) is 3.03. The Morgan fingerprint density at radius 2 is 2.00 bits per heavy atom. The number of nitrogens with one attached hydrogen (secondary N) is 3. The summed E-state index contributed by atoms with van der Waals surface area (Å²) in [7, 11) is 0. The SMILES string of the molecule is O=C(Cc1[nH]nc2ccccc12)NC1CC2CCC(C1)N2. The third-order valence-electron chi connectivity index (χ3n) is 4.72. The second-order valence-corrected chi connectivity index (χ2v) is 6.27. The molecule has 1 aromatic carbocycles. The van der Waals surface area contributed by atoms with Gasteiger partial charge in [0, 0.05) is 23.5 Å². The molecule has 5 nitrogen and oxygen atoms in total. The molecule has 0 saturated carbocycles. The van der Waals surface area contributed by atoms with E-state index in [0.29, 0.717) is 24.5 Å². The van der Waals surface area contributed by atoms with E-state index >= 15 is 0 Å². The molecule has 0 spiro atoms. The van der Waals surface area contributed by atoms with Crippen molar-refractivity contribution in [2.45, 2.75) is 50.2 Å². The van der Waals surface area contributed by atoms with Crippen molar-refractivity contribution in [2.75, 3.05) is 0 Å². The summed E-state index contributed by atoms with van der Waals surface area (Å²) in [5.41, 5.74) is 1.82. The first kappa shape index (κ1) is 12.8. The summed E-state index contributed by atoms with van der Waals surface area (Å²) in [6.07, 6.45) is 5.00. The van der Waals surface area contributed by atoms with Crippen molar-refractivity contribution in [3.63, 3.8) is 0 Å². The van der Waals surface area contributed by atoms with Gasteiger partial charge >= 0.3 is 0 Å². The summed E-state index contributed by atoms with van der Waals surface area (Å²) in [5, 5.41) is 15.1. The zero-order valence-corrected chi connectivity index (χ0v) is 11.9. The summed E-state index contributed by atoms with van der Waals surface area (Å²) >= 11 is 0. The standard InChI is InChI=1S/C16H20N4O/c21-16(18-12-7-10-5-6-11(8-12)17-10)9-15-13-3-1-2-4-14(13)19-20-15/h1-4,10-12,17H,5-9H2,(H,18,21)(H,19,20). The Hall–Kier alpha value is -1.88. The van der Waals surface area contributed by atoms with E-state index in [0.717, 1.165) is 29.4 Å². The van der Waals surface area contributed by atoms with Crippen molar-refractivity contribution in [1.29, 1.82) is 0 Å². The first-order chi connectivity index (χ1) is 10.3. The Labute approximate surface area is 123 Å². The lowest BCUT2D eigenvalue weighted by Gasteiger charge is -2.29. The van der Waals surface area contributed by atoms with Crippen LogP contribution >= 0.6 is 0 Å². The van der Waals surface area contributed by atoms with E-state index in [1.165, 1.54) is 12.8 Å². The summed E-state index contributed by atoms with van der Waals surface area (Å²) in [4.78, 5) is 12.3. The number of carbonyl (C=O) groups excluding carboxylic acids is 1. The molecule has 3 heterocycles. The minimum absolute atomic E-state index is 0.0932. The normalized spacial score (nSPS) is 27.9. The van der Waals surface area contributed by atoms with Gasteiger partial charge in [-0.05, 0) is 31.7 Å². The van der Waals surface area contributed by atoms with Gasteiger partial charge in [-0.25, -0.2) is 0 Å². The highest BCUT2D eigenvalue weighted by molar-refractivity contribution is 5.87. The van der Waals surface area contributed by atoms with Crippen LogP contribution in [0.1, 0.15) is 31.4 Å². The number of carbonyl (C=O) groups is 1. The van der Waals surface area contributed by atoms with Gasteiger partial charge in [0.05, 0.1) is 17.6 Å². The van der Waals surface area contributed by atoms with Crippen molar-refractivity contribution >= 4 is 16.8 Å². The molecule has 2 fully saturated rings. The van der Waals surface area contributed by atoms with E-state index in [1.807, 2.05) is 24.3 Å². The second-order valence-electron chi connectivity index (χ2n) is 6.27. The Balaban J connectivity index is 1.42. The topological polar surface area (TPSA) is 69.8 Å². The summed E-state index contributed by atoms with van der Waals surface area (Å²) in [5.74, 6) is 0.0932. The van der Waals surface area contributed by atoms with Crippen LogP contribution in [0.5, 0.6) is 0 Å². The van der Waals surface area contributed by atoms with Crippen molar-refractivity contribution in [1.82, 2.24) is 20.8 Å². The van der Waals surface area contributed by atoms with Crippen molar-refractivity contribution in [2.24, 2.45) is 0 Å². The molecule has 2 bridgehead atoms. The highest BCUT2D eigenvalue weighted by atomic mass is 16.1. The second kappa shape index (κ2) is 5.15. The summed E-state index contributed by atoms with van der Waals surface area (Å²) in [6, 6.07) is 9.42. The van der Waals surface area contributed by atoms with Gasteiger partial charge in [-0.15, -0.1) is 0 Å². The highest BCUT2D eigenvalue weighted by Gasteiger charge is 2.33. The molecule has 5 heteroatoms. The first-order valence-electron chi connectivity index (χ1n) is 7.75. The van der Waals surface area contributed by atoms with E-state index in [4.69, 9.17) is 0 Å². The molecule has 4 rings (SSSR count). The predicted octanol–water partition coefficient (Wildman–Crippen LogP) is 1.50. The number of aromatic nitrogens is 2. The van der Waals surface area contributed by atoms with Crippen molar-refractivity contribution in [3.8, 4) is 0 Å². The summed E-state index contributed by atoms with van der Waals surface area (Å²) in [6.45, 7) is 0. The van der Waals surface area contributed by atoms with E-state index in [9.17, 15) is 4.79 Å². The van der Waals surface area contributed by atoms with Gasteiger partial charge in [0.25, 0.3) is 0 Å². The van der Waals surface area contributed by atoms with Crippen LogP contribution in [0.3, 0.4) is 0 Å². The molecule has 2 aliphatic rings. The molecule has 110 valence electrons. The molecule has 2 aliphatic heterocycles. The van der Waals surface area contributed by atoms with Crippen molar-refractivity contribution < 1.29 is 4.79 Å². The molecule has 3 N–H and O–H groups in total. The van der Waals surface area contributed by atoms with Crippen LogP contribution in [0, 0.1) is 0 Å². The molecular weight excluding hydrogens is 264 g/mol. The van der Waals surface area contributed by atoms with E-state index in [1.54, 1.807) is 0 Å². The molecule has 2 atom stereocenters. The number of fused-ring (bicyclic) bond motifs is 3. The Bertz CT molecular complexity index is 653. The zero-order chi connectivity index (χ0) is 14.2. The van der Waals surface area contributed by atoms with Crippen LogP contribution in [0.25, 0.3) is 10.9 Å². The number of nitrogens with zero attached hydrogens (tertiary/aromatic N) is 1. The van der Waals surface area contributed by atoms with Gasteiger partial charge in [-0.2, -0.15) is 5.10 Å². The van der Waals surface area contributed by atoms with Crippen LogP contribution in [0.2, 0.25) is 0 Å². The van der Waals surface area contributed by atoms with Gasteiger partial charge < -0.3 is 10.6 Å². The lowest BCUT2D eigenvalue weighted by molar-refractivity contribution is -0.121. The largest absolute Gasteiger partial charge is 0.353 e. The molecular formula is C16H20N4O. The van der Waals surface area contributed by atoms with Gasteiger partial charge in [0.15, 0.2) is 0 Å². The van der Waals surface area contributed by atoms with Crippen LogP contribution in [-0.4, -0.2) is 34.2 Å². The molecule has 1 aromatic heterocycles. The number of hydrogen-bond donors (Lipinski definition) is 3. The molecule has 1 amide bonds. The first-order valence-corrected chi connectivity index (χ1v) is 7.75. The lowest BCUT2D eigenvalue weighted by Crippen LogP contribution is -2.48. The fourth-order valence-electron chi connectivity index (χ4n) is 3.76. The number of H-pyrrole nitrogens is 1. The maximum atomic E-state index is 12.3. The maximum absolute atomic E-state index is 12.3. The quantitative estimate of drug-likeness (QED) is 0.800. The summed E-state index contributed by atoms with van der Waals surface area (Å²) < 4.78 is 0. The molecule has 0 radical (unpaired) electrons. The van der Waals surface area contributed by atoms with Crippen LogP contribution in [0.15, 0.2) is 24.3 Å². The minimum Gasteiger partial charge on any atom is -0.353 e. The van der Waals surface area contributed by atoms with Gasteiger partial charge in [-0.1, -0.05) is 18.2 Å². The number of rotatable bonds is 3. The lowest BCUT2D eigenvalue weighted by atomic mass is 9.99. The maximum Gasteiger partial charge on any atom is 0.226 e. The number of piperidine rings is 1. The number of para-hydroxylation sites is 1. The highest BCUT2D eigenvalue weighted by Crippen LogP contribution is 2.26.